The molecule has 3 nitrogen and oxygen atoms in total. The molecule has 1 heterocycles. The molecule has 1 N–H and O–H groups in total. The number of nitrogens with zero attached hydrogens (tertiary/aromatic N) is 1. The highest BCUT2D eigenvalue weighted by molar-refractivity contribution is 7.81. The predicted molar refractivity (Wildman–Crippen MR) is 71.9 cm³/mol. The van der Waals surface area contributed by atoms with Gasteiger partial charge in [-0.1, -0.05) is 0 Å². The maximum atomic E-state index is 13.1. The average molecular weight is 329 g/mol. The van der Waals surface area contributed by atoms with Crippen molar-refractivity contribution in [3.63, 3.8) is 0 Å². The molecule has 0 bridgehead atoms. The van der Waals surface area contributed by atoms with Gasteiger partial charge in [0, 0.05) is 38.8 Å². The van der Waals surface area contributed by atoms with E-state index in [2.05, 4.69) is 12.6 Å². The third-order valence-corrected chi connectivity index (χ3v) is 5.10. The van der Waals surface area contributed by atoms with Gasteiger partial charge in [-0.25, -0.2) is 17.6 Å². The molecule has 1 saturated carbocycles. The zero-order valence-corrected chi connectivity index (χ0v) is 12.4. The summed E-state index contributed by atoms with van der Waals surface area (Å²) in [4.78, 5) is 13.5. The van der Waals surface area contributed by atoms with E-state index < -0.39 is 54.3 Å². The molecular formula is C13H19F4NO2S. The summed E-state index contributed by atoms with van der Waals surface area (Å²) >= 11 is 4.09. The summed E-state index contributed by atoms with van der Waals surface area (Å²) in [7, 11) is 0. The first kappa shape index (κ1) is 16.9. The molecule has 21 heavy (non-hydrogen) atoms. The average Bonchev–Trinajstić information content (AvgIpc) is 2.41. The van der Waals surface area contributed by atoms with Gasteiger partial charge in [-0.05, 0) is 12.8 Å². The van der Waals surface area contributed by atoms with Gasteiger partial charge in [-0.3, -0.25) is 4.79 Å². The van der Waals surface area contributed by atoms with Crippen molar-refractivity contribution in [3.8, 4) is 0 Å². The van der Waals surface area contributed by atoms with Crippen molar-refractivity contribution in [3.05, 3.63) is 0 Å². The number of rotatable bonds is 2. The Morgan fingerprint density at radius 2 is 1.38 bits per heavy atom. The van der Waals surface area contributed by atoms with Crippen LogP contribution in [0, 0.1) is 0 Å². The lowest BCUT2D eigenvalue weighted by atomic mass is 9.80. The molecule has 0 spiro atoms. The van der Waals surface area contributed by atoms with E-state index in [-0.39, 0.29) is 25.9 Å². The Bertz CT molecular complexity index is 399. The van der Waals surface area contributed by atoms with Gasteiger partial charge in [0.05, 0.1) is 5.60 Å². The number of piperidine rings is 1. The summed E-state index contributed by atoms with van der Waals surface area (Å²) in [6, 6.07) is 0. The Balaban J connectivity index is 1.96. The number of halogens is 4. The van der Waals surface area contributed by atoms with E-state index in [9.17, 15) is 27.5 Å². The lowest BCUT2D eigenvalue weighted by Crippen LogP contribution is -2.54. The fourth-order valence-electron chi connectivity index (χ4n) is 2.78. The first-order valence-corrected chi connectivity index (χ1v) is 7.51. The minimum atomic E-state index is -2.82. The fraction of sp³-hybridized carbons (Fsp3) is 0.923. The summed E-state index contributed by atoms with van der Waals surface area (Å²) in [6.45, 7) is -0.204. The molecule has 0 aromatic carbocycles. The molecule has 0 aromatic heterocycles. The van der Waals surface area contributed by atoms with Crippen LogP contribution in [0.5, 0.6) is 0 Å². The van der Waals surface area contributed by atoms with Crippen molar-refractivity contribution in [1.29, 1.82) is 0 Å². The van der Waals surface area contributed by atoms with Crippen molar-refractivity contribution < 1.29 is 27.5 Å². The highest BCUT2D eigenvalue weighted by atomic mass is 32.1. The van der Waals surface area contributed by atoms with Crippen LogP contribution in [-0.4, -0.2) is 51.7 Å². The first-order chi connectivity index (χ1) is 9.55. The van der Waals surface area contributed by atoms with Crippen molar-refractivity contribution in [2.24, 2.45) is 0 Å². The summed E-state index contributed by atoms with van der Waals surface area (Å²) in [5.41, 5.74) is -1.60. The molecule has 2 aliphatic rings. The Morgan fingerprint density at radius 1 is 0.952 bits per heavy atom. The third-order valence-electron chi connectivity index (χ3n) is 4.40. The van der Waals surface area contributed by atoms with E-state index in [0.29, 0.717) is 0 Å². The van der Waals surface area contributed by atoms with Crippen LogP contribution in [0.4, 0.5) is 17.6 Å². The van der Waals surface area contributed by atoms with Gasteiger partial charge in [-0.15, -0.1) is 0 Å². The lowest BCUT2D eigenvalue weighted by Gasteiger charge is -2.41. The van der Waals surface area contributed by atoms with Crippen LogP contribution in [0.15, 0.2) is 0 Å². The normalized spacial score (nSPS) is 29.0. The molecule has 0 radical (unpaired) electrons. The molecule has 1 amide bonds. The monoisotopic (exact) mass is 329 g/mol. The highest BCUT2D eigenvalue weighted by Gasteiger charge is 2.49. The molecule has 122 valence electrons. The standard InChI is InChI=1S/C13H19F4NO2S/c14-12(15)3-1-11(20,2-4-12)9(21)10(19)18-7-5-13(16,17)6-8-18/h9,20-21H,1-8H2. The van der Waals surface area contributed by atoms with Gasteiger partial charge < -0.3 is 10.0 Å². The second-order valence-electron chi connectivity index (χ2n) is 6.04. The van der Waals surface area contributed by atoms with Crippen molar-refractivity contribution >= 4 is 18.5 Å². The van der Waals surface area contributed by atoms with Crippen LogP contribution in [0.1, 0.15) is 38.5 Å². The Labute approximate surface area is 126 Å². The SMILES string of the molecule is O=C(C(S)C1(O)CCC(F)(F)CC1)N1CCC(F)(F)CC1. The molecule has 2 fully saturated rings. The van der Waals surface area contributed by atoms with Gasteiger partial charge >= 0.3 is 0 Å². The number of aliphatic hydroxyl groups is 1. The predicted octanol–water partition coefficient (Wildman–Crippen LogP) is 2.48. The van der Waals surface area contributed by atoms with E-state index in [0.717, 1.165) is 0 Å². The molecule has 8 heteroatoms. The third kappa shape index (κ3) is 3.83. The number of thiol groups is 1. The van der Waals surface area contributed by atoms with Crippen LogP contribution < -0.4 is 0 Å². The lowest BCUT2D eigenvalue weighted by molar-refractivity contribution is -0.147. The van der Waals surface area contributed by atoms with Gasteiger partial charge in [0.15, 0.2) is 0 Å². The largest absolute Gasteiger partial charge is 0.388 e. The van der Waals surface area contributed by atoms with Crippen LogP contribution in [0.25, 0.3) is 0 Å². The van der Waals surface area contributed by atoms with Crippen LogP contribution in [0.2, 0.25) is 0 Å². The number of hydrogen-bond donors (Lipinski definition) is 2. The molecule has 1 saturated heterocycles. The Kier molecular flexibility index (Phi) is 4.50. The van der Waals surface area contributed by atoms with E-state index in [1.165, 1.54) is 4.90 Å². The summed E-state index contributed by atoms with van der Waals surface area (Å²) in [5, 5.41) is 9.22. The number of amides is 1. The molecule has 1 unspecified atom stereocenters. The number of hydrogen-bond acceptors (Lipinski definition) is 3. The molecule has 1 aliphatic heterocycles. The molecular weight excluding hydrogens is 310 g/mol. The zero-order valence-electron chi connectivity index (χ0n) is 11.5. The zero-order chi connectivity index (χ0) is 15.9. The molecule has 1 atom stereocenters. The number of carbonyl (C=O) groups is 1. The van der Waals surface area contributed by atoms with Gasteiger partial charge in [0.1, 0.15) is 5.25 Å². The van der Waals surface area contributed by atoms with E-state index in [1.54, 1.807) is 0 Å². The summed E-state index contributed by atoms with van der Waals surface area (Å²) < 4.78 is 52.4. The molecule has 1 aliphatic carbocycles. The molecule has 0 aromatic rings. The van der Waals surface area contributed by atoms with Gasteiger partial charge in [-0.2, -0.15) is 12.6 Å². The van der Waals surface area contributed by atoms with E-state index >= 15 is 0 Å². The summed E-state index contributed by atoms with van der Waals surface area (Å²) in [6.07, 6.45) is -2.27. The Morgan fingerprint density at radius 3 is 1.86 bits per heavy atom. The first-order valence-electron chi connectivity index (χ1n) is 7.00. The van der Waals surface area contributed by atoms with Gasteiger partial charge in [0.25, 0.3) is 5.92 Å². The van der Waals surface area contributed by atoms with Crippen molar-refractivity contribution in [2.45, 2.75) is 61.2 Å². The minimum absolute atomic E-state index is 0.102. The number of likely N-dealkylation sites (tertiary alicyclic amines) is 1. The topological polar surface area (TPSA) is 40.5 Å². The van der Waals surface area contributed by atoms with E-state index in [1.807, 2.05) is 0 Å². The Hall–Kier alpha value is -0.500. The number of carbonyl (C=O) groups excluding carboxylic acids is 1. The minimum Gasteiger partial charge on any atom is -0.388 e. The fourth-order valence-corrected chi connectivity index (χ4v) is 3.20. The van der Waals surface area contributed by atoms with Crippen LogP contribution in [0.3, 0.4) is 0 Å². The molecule has 2 rings (SSSR count). The maximum Gasteiger partial charge on any atom is 0.251 e. The van der Waals surface area contributed by atoms with Gasteiger partial charge in [0.2, 0.25) is 11.8 Å². The highest BCUT2D eigenvalue weighted by Crippen LogP contribution is 2.42. The summed E-state index contributed by atoms with van der Waals surface area (Å²) in [5.74, 6) is -6.15. The smallest absolute Gasteiger partial charge is 0.251 e. The maximum absolute atomic E-state index is 13.1. The second-order valence-corrected chi connectivity index (χ2v) is 6.56. The van der Waals surface area contributed by atoms with Crippen molar-refractivity contribution in [1.82, 2.24) is 4.90 Å². The van der Waals surface area contributed by atoms with E-state index in [4.69, 9.17) is 0 Å². The van der Waals surface area contributed by atoms with Crippen LogP contribution in [-0.2, 0) is 4.79 Å². The van der Waals surface area contributed by atoms with Crippen molar-refractivity contribution in [2.75, 3.05) is 13.1 Å². The van der Waals surface area contributed by atoms with Crippen LogP contribution >= 0.6 is 12.6 Å². The quantitative estimate of drug-likeness (QED) is 0.604. The second kappa shape index (κ2) is 5.61. The number of alkyl halides is 4.